The van der Waals surface area contributed by atoms with Crippen LogP contribution in [0.1, 0.15) is 71.1 Å². The average Bonchev–Trinajstić information content (AvgIpc) is 2.99. The van der Waals surface area contributed by atoms with Gasteiger partial charge in [-0.15, -0.1) is 0 Å². The van der Waals surface area contributed by atoms with E-state index in [1.54, 1.807) is 0 Å². The van der Waals surface area contributed by atoms with Crippen LogP contribution >= 0.6 is 0 Å². The van der Waals surface area contributed by atoms with Crippen LogP contribution in [0.3, 0.4) is 0 Å². The fourth-order valence-corrected chi connectivity index (χ4v) is 6.96. The molecule has 7 unspecified atom stereocenters. The minimum atomic E-state index is -0.105. The van der Waals surface area contributed by atoms with Gasteiger partial charge < -0.3 is 5.11 Å². The van der Waals surface area contributed by atoms with E-state index in [0.29, 0.717) is 0 Å². The highest BCUT2D eigenvalue weighted by Gasteiger charge is 2.55. The summed E-state index contributed by atoms with van der Waals surface area (Å²) < 4.78 is 0. The van der Waals surface area contributed by atoms with Crippen LogP contribution in [0.5, 0.6) is 0 Å². The summed E-state index contributed by atoms with van der Waals surface area (Å²) in [7, 11) is 0. The van der Waals surface area contributed by atoms with Gasteiger partial charge in [0.25, 0.3) is 0 Å². The van der Waals surface area contributed by atoms with E-state index >= 15 is 0 Å². The van der Waals surface area contributed by atoms with Gasteiger partial charge in [-0.3, -0.25) is 0 Å². The van der Waals surface area contributed by atoms with Crippen molar-refractivity contribution in [3.63, 3.8) is 0 Å². The highest BCUT2D eigenvalue weighted by Crippen LogP contribution is 2.61. The Hall–Kier alpha value is -0.300. The predicted molar refractivity (Wildman–Crippen MR) is 86.9 cm³/mol. The molecule has 0 aromatic heterocycles. The summed E-state index contributed by atoms with van der Waals surface area (Å²) in [5, 5.41) is 10.7. The molecule has 4 aliphatic rings. The lowest BCUT2D eigenvalue weighted by molar-refractivity contribution is -0.0910. The average molecular weight is 288 g/mol. The van der Waals surface area contributed by atoms with E-state index in [-0.39, 0.29) is 11.5 Å². The third-order valence-corrected chi connectivity index (χ3v) is 7.88. The van der Waals surface area contributed by atoms with Crippen molar-refractivity contribution in [2.45, 2.75) is 77.2 Å². The molecule has 0 saturated heterocycles. The highest BCUT2D eigenvalue weighted by atomic mass is 16.3. The van der Waals surface area contributed by atoms with Crippen molar-refractivity contribution in [2.24, 2.45) is 35.0 Å². The van der Waals surface area contributed by atoms with Crippen molar-refractivity contribution in [1.29, 1.82) is 0 Å². The summed E-state index contributed by atoms with van der Waals surface area (Å²) in [6.07, 6.45) is 18.5. The monoisotopic (exact) mass is 288 g/mol. The molecular weight excluding hydrogens is 256 g/mol. The first-order chi connectivity index (χ1) is 10.3. The lowest BCUT2D eigenvalue weighted by Gasteiger charge is -2.56. The molecule has 4 aliphatic carbocycles. The molecule has 0 bridgehead atoms. The number of hydrogen-bond donors (Lipinski definition) is 1. The highest BCUT2D eigenvalue weighted by molar-refractivity contribution is 5.18. The van der Waals surface area contributed by atoms with E-state index in [4.69, 9.17) is 0 Å². The fourth-order valence-electron chi connectivity index (χ4n) is 6.96. The topological polar surface area (TPSA) is 20.2 Å². The van der Waals surface area contributed by atoms with E-state index in [1.807, 2.05) is 0 Å². The van der Waals surface area contributed by atoms with E-state index in [2.05, 4.69) is 19.1 Å². The Morgan fingerprint density at radius 3 is 2.76 bits per heavy atom. The smallest absolute Gasteiger partial charge is 0.0631 e. The van der Waals surface area contributed by atoms with Crippen molar-refractivity contribution in [1.82, 2.24) is 0 Å². The molecule has 0 spiro atoms. The van der Waals surface area contributed by atoms with Crippen LogP contribution < -0.4 is 0 Å². The van der Waals surface area contributed by atoms with Gasteiger partial charge in [0.1, 0.15) is 0 Å². The summed E-state index contributed by atoms with van der Waals surface area (Å²) >= 11 is 0. The molecule has 118 valence electrons. The molecule has 0 aliphatic heterocycles. The second kappa shape index (κ2) is 5.41. The Morgan fingerprint density at radius 1 is 1.05 bits per heavy atom. The Morgan fingerprint density at radius 2 is 1.90 bits per heavy atom. The molecule has 0 radical (unpaired) electrons. The molecule has 4 rings (SSSR count). The van der Waals surface area contributed by atoms with E-state index < -0.39 is 0 Å². The molecule has 0 aromatic carbocycles. The quantitative estimate of drug-likeness (QED) is 0.713. The SMILES string of the molecule is CCC(O)C12C=CCC1C1CCC3CCCCC3C1CC2. The van der Waals surface area contributed by atoms with Crippen LogP contribution in [0.25, 0.3) is 0 Å². The minimum Gasteiger partial charge on any atom is -0.392 e. The zero-order valence-electron chi connectivity index (χ0n) is 13.6. The van der Waals surface area contributed by atoms with Crippen LogP contribution in [0.2, 0.25) is 0 Å². The maximum Gasteiger partial charge on any atom is 0.0631 e. The largest absolute Gasteiger partial charge is 0.392 e. The van der Waals surface area contributed by atoms with Gasteiger partial charge in [-0.2, -0.15) is 0 Å². The normalized spacial score (nSPS) is 50.1. The number of rotatable bonds is 2. The van der Waals surface area contributed by atoms with Crippen LogP contribution in [-0.2, 0) is 0 Å². The Kier molecular flexibility index (Phi) is 3.68. The van der Waals surface area contributed by atoms with Gasteiger partial charge >= 0.3 is 0 Å². The first-order valence-corrected chi connectivity index (χ1v) is 9.62. The number of fused-ring (bicyclic) bond motifs is 5. The molecule has 0 heterocycles. The maximum atomic E-state index is 10.7. The third-order valence-electron chi connectivity index (χ3n) is 7.88. The third kappa shape index (κ3) is 2.06. The molecule has 1 nitrogen and oxygen atoms in total. The van der Waals surface area contributed by atoms with Gasteiger partial charge in [0.05, 0.1) is 6.10 Å². The summed E-state index contributed by atoms with van der Waals surface area (Å²) in [5.41, 5.74) is 0.150. The minimum absolute atomic E-state index is 0.105. The van der Waals surface area contributed by atoms with Crippen LogP contribution in [0.15, 0.2) is 12.2 Å². The number of aliphatic hydroxyl groups excluding tert-OH is 1. The summed E-state index contributed by atoms with van der Waals surface area (Å²) in [5.74, 6) is 4.75. The molecular formula is C20H32O. The van der Waals surface area contributed by atoms with Crippen molar-refractivity contribution in [3.8, 4) is 0 Å². The molecule has 0 aromatic rings. The zero-order chi connectivity index (χ0) is 14.4. The van der Waals surface area contributed by atoms with Crippen molar-refractivity contribution >= 4 is 0 Å². The Labute approximate surface area is 130 Å². The van der Waals surface area contributed by atoms with E-state index in [1.165, 1.54) is 57.8 Å². The van der Waals surface area contributed by atoms with Gasteiger partial charge in [0.2, 0.25) is 0 Å². The van der Waals surface area contributed by atoms with Crippen LogP contribution in [0.4, 0.5) is 0 Å². The number of allylic oxidation sites excluding steroid dienone is 1. The summed E-state index contributed by atoms with van der Waals surface area (Å²) in [6.45, 7) is 2.16. The van der Waals surface area contributed by atoms with Crippen LogP contribution in [0, 0.1) is 35.0 Å². The molecule has 3 fully saturated rings. The van der Waals surface area contributed by atoms with Gasteiger partial charge in [0.15, 0.2) is 0 Å². The fraction of sp³-hybridized carbons (Fsp3) is 0.900. The van der Waals surface area contributed by atoms with Crippen molar-refractivity contribution in [3.05, 3.63) is 12.2 Å². The molecule has 3 saturated carbocycles. The standard InChI is InChI=1S/C20H32O/c1-2-19(21)20-12-5-8-18(20)17-10-9-14-6-3-4-7-15(14)16(17)11-13-20/h5,12,14-19,21H,2-4,6-11,13H2,1H3. The van der Waals surface area contributed by atoms with E-state index in [9.17, 15) is 5.11 Å². The Balaban J connectivity index is 1.60. The zero-order valence-corrected chi connectivity index (χ0v) is 13.6. The van der Waals surface area contributed by atoms with Gasteiger partial charge in [-0.1, -0.05) is 38.3 Å². The Bertz CT molecular complexity index is 414. The van der Waals surface area contributed by atoms with E-state index in [0.717, 1.165) is 36.0 Å². The molecule has 21 heavy (non-hydrogen) atoms. The maximum absolute atomic E-state index is 10.7. The lowest BCUT2D eigenvalue weighted by Crippen LogP contribution is -2.51. The second-order valence-corrected chi connectivity index (χ2v) is 8.43. The predicted octanol–water partition coefficient (Wildman–Crippen LogP) is 4.95. The summed E-state index contributed by atoms with van der Waals surface area (Å²) in [6, 6.07) is 0. The van der Waals surface area contributed by atoms with Crippen LogP contribution in [-0.4, -0.2) is 11.2 Å². The van der Waals surface area contributed by atoms with Crippen molar-refractivity contribution in [2.75, 3.05) is 0 Å². The van der Waals surface area contributed by atoms with Gasteiger partial charge in [0, 0.05) is 5.41 Å². The molecule has 7 atom stereocenters. The first kappa shape index (κ1) is 14.3. The molecule has 0 amide bonds. The second-order valence-electron chi connectivity index (χ2n) is 8.43. The van der Waals surface area contributed by atoms with Crippen molar-refractivity contribution < 1.29 is 5.11 Å². The first-order valence-electron chi connectivity index (χ1n) is 9.62. The number of aliphatic hydroxyl groups is 1. The lowest BCUT2D eigenvalue weighted by atomic mass is 9.49. The van der Waals surface area contributed by atoms with Gasteiger partial charge in [-0.25, -0.2) is 0 Å². The van der Waals surface area contributed by atoms with Gasteiger partial charge in [-0.05, 0) is 74.5 Å². The molecule has 1 heteroatoms. The number of hydrogen-bond acceptors (Lipinski definition) is 1. The summed E-state index contributed by atoms with van der Waals surface area (Å²) in [4.78, 5) is 0. The molecule has 1 N–H and O–H groups in total.